The molecule has 7 nitrogen and oxygen atoms in total. The summed E-state index contributed by atoms with van der Waals surface area (Å²) in [4.78, 5) is 22.8. The van der Waals surface area contributed by atoms with Crippen LogP contribution in [0.3, 0.4) is 0 Å². The van der Waals surface area contributed by atoms with E-state index in [4.69, 9.17) is 20.1 Å². The predicted molar refractivity (Wildman–Crippen MR) is 71.4 cm³/mol. The highest BCUT2D eigenvalue weighted by molar-refractivity contribution is 6.02. The first kappa shape index (κ1) is 17.1. The maximum Gasteiger partial charge on any atom is 0.341 e. The summed E-state index contributed by atoms with van der Waals surface area (Å²) in [5, 5.41) is 36.2. The average molecular weight is 298 g/mol. The summed E-state index contributed by atoms with van der Waals surface area (Å²) in [5.74, 6) is -2.51. The van der Waals surface area contributed by atoms with Crippen LogP contribution in [0.5, 0.6) is 0 Å². The molecule has 0 aromatic heterocycles. The van der Waals surface area contributed by atoms with Gasteiger partial charge in [-0.1, -0.05) is 19.1 Å². The van der Waals surface area contributed by atoms with Crippen LogP contribution < -0.4 is 0 Å². The highest BCUT2D eigenvalue weighted by Crippen LogP contribution is 2.16. The van der Waals surface area contributed by atoms with Gasteiger partial charge in [0.1, 0.15) is 0 Å². The minimum atomic E-state index is -1.50. The van der Waals surface area contributed by atoms with Crippen molar-refractivity contribution >= 4 is 11.9 Å². The van der Waals surface area contributed by atoms with Crippen molar-refractivity contribution in [1.82, 2.24) is 0 Å². The van der Waals surface area contributed by atoms with Gasteiger partial charge in [0, 0.05) is 12.8 Å². The van der Waals surface area contributed by atoms with Gasteiger partial charge in [0.15, 0.2) is 6.29 Å². The van der Waals surface area contributed by atoms with E-state index in [9.17, 15) is 14.7 Å². The minimum absolute atomic E-state index is 0.0125. The molecule has 0 heterocycles. The van der Waals surface area contributed by atoms with E-state index in [1.807, 2.05) is 0 Å². The molecule has 0 aliphatic heterocycles. The predicted octanol–water partition coefficient (Wildman–Crippen LogP) is 0.587. The molecule has 0 radical (unpaired) electrons. The fraction of sp³-hybridized carbons (Fsp3) is 0.429. The van der Waals surface area contributed by atoms with E-state index in [0.717, 1.165) is 0 Å². The molecule has 2 atom stereocenters. The van der Waals surface area contributed by atoms with Crippen LogP contribution in [0, 0.1) is 5.92 Å². The smallest absolute Gasteiger partial charge is 0.341 e. The Morgan fingerprint density at radius 1 is 1.10 bits per heavy atom. The van der Waals surface area contributed by atoms with Gasteiger partial charge in [-0.05, 0) is 18.1 Å². The number of benzene rings is 1. The third-order valence-electron chi connectivity index (χ3n) is 2.84. The van der Waals surface area contributed by atoms with Crippen LogP contribution in [-0.2, 0) is 4.74 Å². The van der Waals surface area contributed by atoms with E-state index in [2.05, 4.69) is 0 Å². The zero-order valence-electron chi connectivity index (χ0n) is 11.5. The number of carbonyl (C=O) groups is 2. The SMILES string of the molecule is CC(CC(O)O)CC(O)OC(=O)c1ccccc1C(=O)O. The fourth-order valence-electron chi connectivity index (χ4n) is 1.88. The first-order chi connectivity index (χ1) is 9.81. The molecule has 0 aliphatic rings. The highest BCUT2D eigenvalue weighted by Gasteiger charge is 2.21. The number of aliphatic hydroxyl groups excluding tert-OH is 2. The van der Waals surface area contributed by atoms with Crippen molar-refractivity contribution in [2.75, 3.05) is 0 Å². The summed E-state index contributed by atoms with van der Waals surface area (Å²) in [6.07, 6.45) is -2.91. The van der Waals surface area contributed by atoms with E-state index in [1.165, 1.54) is 24.3 Å². The van der Waals surface area contributed by atoms with Crippen LogP contribution in [0.25, 0.3) is 0 Å². The van der Waals surface area contributed by atoms with Gasteiger partial charge < -0.3 is 25.2 Å². The van der Waals surface area contributed by atoms with Gasteiger partial charge in [-0.3, -0.25) is 0 Å². The Labute approximate surface area is 121 Å². The zero-order valence-corrected chi connectivity index (χ0v) is 11.5. The first-order valence-electron chi connectivity index (χ1n) is 6.38. The van der Waals surface area contributed by atoms with Crippen LogP contribution in [-0.4, -0.2) is 44.9 Å². The Balaban J connectivity index is 2.67. The molecule has 0 fully saturated rings. The fourth-order valence-corrected chi connectivity index (χ4v) is 1.88. The maximum absolute atomic E-state index is 11.8. The second-order valence-electron chi connectivity index (χ2n) is 4.77. The van der Waals surface area contributed by atoms with Crippen LogP contribution in [0.15, 0.2) is 24.3 Å². The van der Waals surface area contributed by atoms with Crippen molar-refractivity contribution < 1.29 is 34.8 Å². The van der Waals surface area contributed by atoms with Gasteiger partial charge in [-0.15, -0.1) is 0 Å². The number of esters is 1. The summed E-state index contributed by atoms with van der Waals surface area (Å²) in [7, 11) is 0. The normalized spacial score (nSPS) is 13.8. The first-order valence-corrected chi connectivity index (χ1v) is 6.38. The lowest BCUT2D eigenvalue weighted by molar-refractivity contribution is -0.0901. The van der Waals surface area contributed by atoms with E-state index in [-0.39, 0.29) is 29.9 Å². The van der Waals surface area contributed by atoms with Crippen molar-refractivity contribution in [3.8, 4) is 0 Å². The number of hydrogen-bond acceptors (Lipinski definition) is 6. The molecule has 0 aliphatic carbocycles. The van der Waals surface area contributed by atoms with Crippen molar-refractivity contribution in [1.29, 1.82) is 0 Å². The number of hydrogen-bond donors (Lipinski definition) is 4. The zero-order chi connectivity index (χ0) is 16.0. The number of aromatic carboxylic acids is 1. The third-order valence-corrected chi connectivity index (χ3v) is 2.84. The number of carboxylic acids is 1. The van der Waals surface area contributed by atoms with Crippen molar-refractivity contribution in [2.45, 2.75) is 32.3 Å². The molecule has 1 rings (SSSR count). The van der Waals surface area contributed by atoms with Gasteiger partial charge in [0.05, 0.1) is 11.1 Å². The molecular weight excluding hydrogens is 280 g/mol. The Kier molecular flexibility index (Phi) is 6.29. The molecule has 0 amide bonds. The summed E-state index contributed by atoms with van der Waals surface area (Å²) in [5.41, 5.74) is -0.368. The van der Waals surface area contributed by atoms with Gasteiger partial charge in [-0.2, -0.15) is 0 Å². The Morgan fingerprint density at radius 2 is 1.67 bits per heavy atom. The Morgan fingerprint density at radius 3 is 2.19 bits per heavy atom. The standard InChI is InChI=1S/C14H18O7/c1-8(6-11(15)16)7-12(17)21-14(20)10-5-3-2-4-9(10)13(18)19/h2-5,8,11-12,15-17H,6-7H2,1H3,(H,18,19). The molecule has 1 aromatic carbocycles. The van der Waals surface area contributed by atoms with Crippen LogP contribution in [0.1, 0.15) is 40.5 Å². The molecule has 0 bridgehead atoms. The molecule has 7 heteroatoms. The molecule has 1 aromatic rings. The quantitative estimate of drug-likeness (QED) is 0.429. The summed E-state index contributed by atoms with van der Waals surface area (Å²) >= 11 is 0. The highest BCUT2D eigenvalue weighted by atomic mass is 16.6. The number of carbonyl (C=O) groups excluding carboxylic acids is 1. The lowest BCUT2D eigenvalue weighted by Gasteiger charge is -2.17. The van der Waals surface area contributed by atoms with E-state index >= 15 is 0 Å². The summed E-state index contributed by atoms with van der Waals surface area (Å²) < 4.78 is 4.77. The average Bonchev–Trinajstić information content (AvgIpc) is 2.37. The van der Waals surface area contributed by atoms with Crippen LogP contribution in [0.2, 0.25) is 0 Å². The van der Waals surface area contributed by atoms with Gasteiger partial charge in [0.25, 0.3) is 0 Å². The van der Waals surface area contributed by atoms with E-state index in [1.54, 1.807) is 6.92 Å². The molecule has 0 saturated carbocycles. The molecular formula is C14H18O7. The molecule has 21 heavy (non-hydrogen) atoms. The summed E-state index contributed by atoms with van der Waals surface area (Å²) in [6.45, 7) is 1.65. The molecule has 116 valence electrons. The lowest BCUT2D eigenvalue weighted by atomic mass is 10.0. The molecule has 2 unspecified atom stereocenters. The second kappa shape index (κ2) is 7.72. The number of carboxylic acid groups (broad SMARTS) is 1. The van der Waals surface area contributed by atoms with Crippen molar-refractivity contribution in [3.05, 3.63) is 35.4 Å². The largest absolute Gasteiger partial charge is 0.478 e. The third kappa shape index (κ3) is 5.50. The topological polar surface area (TPSA) is 124 Å². The van der Waals surface area contributed by atoms with Gasteiger partial charge >= 0.3 is 11.9 Å². The van der Waals surface area contributed by atoms with Crippen LogP contribution >= 0.6 is 0 Å². The second-order valence-corrected chi connectivity index (χ2v) is 4.77. The van der Waals surface area contributed by atoms with Crippen molar-refractivity contribution in [3.63, 3.8) is 0 Å². The molecule has 0 spiro atoms. The van der Waals surface area contributed by atoms with Gasteiger partial charge in [0.2, 0.25) is 6.29 Å². The maximum atomic E-state index is 11.8. The minimum Gasteiger partial charge on any atom is -0.478 e. The summed E-state index contributed by atoms with van der Waals surface area (Å²) in [6, 6.07) is 5.51. The Hall–Kier alpha value is -1.96. The van der Waals surface area contributed by atoms with Gasteiger partial charge in [-0.25, -0.2) is 9.59 Å². The van der Waals surface area contributed by atoms with Crippen molar-refractivity contribution in [2.24, 2.45) is 5.92 Å². The van der Waals surface area contributed by atoms with E-state index < -0.39 is 24.5 Å². The lowest BCUT2D eigenvalue weighted by Crippen LogP contribution is -2.23. The molecule has 0 saturated heterocycles. The monoisotopic (exact) mass is 298 g/mol. The van der Waals surface area contributed by atoms with Crippen LogP contribution in [0.4, 0.5) is 0 Å². The van der Waals surface area contributed by atoms with E-state index in [0.29, 0.717) is 0 Å². The number of aliphatic hydroxyl groups is 3. The number of ether oxygens (including phenoxy) is 1. The molecule has 4 N–H and O–H groups in total. The number of rotatable bonds is 7. The Bertz CT molecular complexity index is 498.